The minimum atomic E-state index is -0.268. The van der Waals surface area contributed by atoms with E-state index in [1.54, 1.807) is 23.1 Å². The van der Waals surface area contributed by atoms with Crippen molar-refractivity contribution >= 4 is 16.7 Å². The minimum absolute atomic E-state index is 0.268. The first-order chi connectivity index (χ1) is 19.0. The van der Waals surface area contributed by atoms with E-state index in [0.717, 1.165) is 53.5 Å². The molecular weight excluding hydrogens is 493 g/mol. The van der Waals surface area contributed by atoms with E-state index in [1.165, 1.54) is 6.07 Å². The highest BCUT2D eigenvalue weighted by atomic mass is 19.1. The molecule has 198 valence electrons. The molecule has 0 radical (unpaired) electrons. The van der Waals surface area contributed by atoms with Crippen molar-refractivity contribution in [3.05, 3.63) is 89.8 Å². The Morgan fingerprint density at radius 1 is 1.08 bits per heavy atom. The maximum absolute atomic E-state index is 15.1. The van der Waals surface area contributed by atoms with Crippen molar-refractivity contribution in [1.82, 2.24) is 30.0 Å². The summed E-state index contributed by atoms with van der Waals surface area (Å²) in [7, 11) is 1.85. The Hall–Kier alpha value is -4.37. The molecule has 0 bridgehead atoms. The fourth-order valence-corrected chi connectivity index (χ4v) is 5.08. The van der Waals surface area contributed by atoms with Crippen molar-refractivity contribution in [2.24, 2.45) is 7.05 Å². The molecule has 39 heavy (non-hydrogen) atoms. The predicted octanol–water partition coefficient (Wildman–Crippen LogP) is 5.42. The predicted molar refractivity (Wildman–Crippen MR) is 150 cm³/mol. The lowest BCUT2D eigenvalue weighted by molar-refractivity contribution is 0.466. The van der Waals surface area contributed by atoms with Crippen LogP contribution < -0.4 is 15.4 Å². The van der Waals surface area contributed by atoms with Gasteiger partial charge in [-0.3, -0.25) is 4.68 Å². The van der Waals surface area contributed by atoms with Crippen molar-refractivity contribution in [2.45, 2.75) is 32.2 Å². The maximum atomic E-state index is 15.1. The van der Waals surface area contributed by atoms with E-state index in [1.807, 2.05) is 56.6 Å². The summed E-state index contributed by atoms with van der Waals surface area (Å²) >= 11 is 0. The molecular formula is C30H30FN7O. The smallest absolute Gasteiger partial charge is 0.228 e. The average Bonchev–Trinajstić information content (AvgIpc) is 3.37. The lowest BCUT2D eigenvalue weighted by Crippen LogP contribution is -2.38. The number of piperidine rings is 1. The topological polar surface area (TPSA) is 89.8 Å². The number of nitrogens with zero attached hydrogens (tertiary/aromatic N) is 5. The number of benzene rings is 2. The zero-order valence-electron chi connectivity index (χ0n) is 22.0. The Kier molecular flexibility index (Phi) is 6.89. The number of hydrogen-bond acceptors (Lipinski definition) is 7. The van der Waals surface area contributed by atoms with Gasteiger partial charge in [-0.15, -0.1) is 0 Å². The molecule has 1 aliphatic heterocycles. The molecule has 1 atom stereocenters. The van der Waals surface area contributed by atoms with Gasteiger partial charge in [0, 0.05) is 55.6 Å². The second kappa shape index (κ2) is 10.8. The van der Waals surface area contributed by atoms with Gasteiger partial charge in [-0.1, -0.05) is 12.1 Å². The van der Waals surface area contributed by atoms with Gasteiger partial charge >= 0.3 is 0 Å². The van der Waals surface area contributed by atoms with Crippen LogP contribution in [0.5, 0.6) is 11.6 Å². The number of fused-ring (bicyclic) bond motifs is 1. The van der Waals surface area contributed by atoms with Crippen molar-refractivity contribution in [2.75, 3.05) is 18.4 Å². The molecule has 3 aromatic heterocycles. The molecule has 1 aliphatic rings. The van der Waals surface area contributed by atoms with Crippen LogP contribution in [-0.2, 0) is 13.5 Å². The first-order valence-electron chi connectivity index (χ1n) is 13.2. The Bertz CT molecular complexity index is 1630. The number of aryl methyl sites for hydroxylation is 2. The SMILES string of the molecule is Cc1ccc2c(Cc3ccn(C)n3)c(F)ccc2c1Oc1ncccc1-c1ccnc(N[C@H]2CCCNC2)n1. The summed E-state index contributed by atoms with van der Waals surface area (Å²) < 4.78 is 23.3. The van der Waals surface area contributed by atoms with Crippen LogP contribution in [0.25, 0.3) is 22.0 Å². The Labute approximate surface area is 226 Å². The van der Waals surface area contributed by atoms with Crippen LogP contribution in [0.1, 0.15) is 29.7 Å². The molecule has 2 aromatic carbocycles. The van der Waals surface area contributed by atoms with Crippen molar-refractivity contribution in [3.63, 3.8) is 0 Å². The molecule has 0 spiro atoms. The summed E-state index contributed by atoms with van der Waals surface area (Å²) in [5.41, 5.74) is 3.76. The zero-order chi connectivity index (χ0) is 26.8. The standard InChI is InChI=1S/C30H30FN7O/c1-19-7-8-22-23(9-10-26(31)25(22)17-20-12-16-38(2)37-20)28(19)39-29-24(6-4-14-33-29)27-11-15-34-30(36-27)35-21-5-3-13-32-18-21/h4,6-12,14-16,21,32H,3,5,13,17-18H2,1-2H3,(H,34,35,36)/t21-/m0/s1. The third kappa shape index (κ3) is 5.31. The van der Waals surface area contributed by atoms with Crippen LogP contribution in [0.4, 0.5) is 10.3 Å². The van der Waals surface area contributed by atoms with Crippen molar-refractivity contribution < 1.29 is 9.13 Å². The van der Waals surface area contributed by atoms with E-state index in [-0.39, 0.29) is 11.9 Å². The number of rotatable bonds is 7. The van der Waals surface area contributed by atoms with E-state index in [4.69, 9.17) is 9.72 Å². The number of halogens is 1. The van der Waals surface area contributed by atoms with E-state index < -0.39 is 0 Å². The van der Waals surface area contributed by atoms with Gasteiger partial charge in [-0.25, -0.2) is 19.3 Å². The molecule has 0 aliphatic carbocycles. The van der Waals surface area contributed by atoms with Crippen LogP contribution in [-0.4, -0.2) is 43.9 Å². The summed E-state index contributed by atoms with van der Waals surface area (Å²) in [6.07, 6.45) is 7.88. The third-order valence-electron chi connectivity index (χ3n) is 7.06. The number of anilines is 1. The van der Waals surface area contributed by atoms with Gasteiger partial charge in [0.05, 0.1) is 17.0 Å². The highest BCUT2D eigenvalue weighted by Crippen LogP contribution is 2.38. The van der Waals surface area contributed by atoms with Gasteiger partial charge in [0.25, 0.3) is 0 Å². The molecule has 8 nitrogen and oxygen atoms in total. The number of aromatic nitrogens is 5. The average molecular weight is 524 g/mol. The van der Waals surface area contributed by atoms with Crippen LogP contribution in [0.15, 0.2) is 67.1 Å². The van der Waals surface area contributed by atoms with E-state index in [2.05, 4.69) is 25.7 Å². The van der Waals surface area contributed by atoms with Gasteiger partial charge in [-0.05, 0) is 73.7 Å². The van der Waals surface area contributed by atoms with Gasteiger partial charge in [0.1, 0.15) is 11.6 Å². The van der Waals surface area contributed by atoms with Crippen LogP contribution in [0.3, 0.4) is 0 Å². The molecule has 0 saturated carbocycles. The molecule has 4 heterocycles. The van der Waals surface area contributed by atoms with E-state index >= 15 is 4.39 Å². The largest absolute Gasteiger partial charge is 0.437 e. The third-order valence-corrected chi connectivity index (χ3v) is 7.06. The van der Waals surface area contributed by atoms with Crippen molar-refractivity contribution in [1.29, 1.82) is 0 Å². The quantitative estimate of drug-likeness (QED) is 0.294. The minimum Gasteiger partial charge on any atom is -0.437 e. The summed E-state index contributed by atoms with van der Waals surface area (Å²) in [4.78, 5) is 13.8. The van der Waals surface area contributed by atoms with Gasteiger partial charge in [0.15, 0.2) is 0 Å². The second-order valence-electron chi connectivity index (χ2n) is 9.90. The second-order valence-corrected chi connectivity index (χ2v) is 9.90. The summed E-state index contributed by atoms with van der Waals surface area (Å²) in [6, 6.07) is 15.0. The van der Waals surface area contributed by atoms with Gasteiger partial charge in [-0.2, -0.15) is 5.10 Å². The van der Waals surface area contributed by atoms with E-state index in [9.17, 15) is 0 Å². The Balaban J connectivity index is 1.35. The monoisotopic (exact) mass is 523 g/mol. The molecule has 0 amide bonds. The first kappa shape index (κ1) is 24.9. The van der Waals surface area contributed by atoms with Crippen LogP contribution in [0.2, 0.25) is 0 Å². The lowest BCUT2D eigenvalue weighted by Gasteiger charge is -2.23. The molecule has 1 fully saturated rings. The molecule has 1 saturated heterocycles. The Morgan fingerprint density at radius 2 is 1.97 bits per heavy atom. The fraction of sp³-hybridized carbons (Fsp3) is 0.267. The zero-order valence-corrected chi connectivity index (χ0v) is 22.0. The molecule has 9 heteroatoms. The lowest BCUT2D eigenvalue weighted by atomic mass is 9.98. The maximum Gasteiger partial charge on any atom is 0.228 e. The number of pyridine rings is 1. The summed E-state index contributed by atoms with van der Waals surface area (Å²) in [5.74, 6) is 1.37. The van der Waals surface area contributed by atoms with E-state index in [0.29, 0.717) is 35.3 Å². The molecule has 0 unspecified atom stereocenters. The first-order valence-corrected chi connectivity index (χ1v) is 13.2. The highest BCUT2D eigenvalue weighted by Gasteiger charge is 2.19. The molecule has 2 N–H and O–H groups in total. The summed E-state index contributed by atoms with van der Waals surface area (Å²) in [5, 5.41) is 12.9. The van der Waals surface area contributed by atoms with Crippen molar-refractivity contribution in [3.8, 4) is 22.9 Å². The van der Waals surface area contributed by atoms with Gasteiger partial charge < -0.3 is 15.4 Å². The van der Waals surface area contributed by atoms with Gasteiger partial charge in [0.2, 0.25) is 11.8 Å². The van der Waals surface area contributed by atoms with Crippen LogP contribution >= 0.6 is 0 Å². The van der Waals surface area contributed by atoms with Crippen LogP contribution in [0, 0.1) is 12.7 Å². The molecule has 5 aromatic rings. The summed E-state index contributed by atoms with van der Waals surface area (Å²) in [6.45, 7) is 3.91. The number of nitrogens with one attached hydrogen (secondary N) is 2. The number of ether oxygens (including phenoxy) is 1. The normalized spacial score (nSPS) is 15.4. The highest BCUT2D eigenvalue weighted by molar-refractivity contribution is 5.93. The Morgan fingerprint density at radius 3 is 2.79 bits per heavy atom. The fourth-order valence-electron chi connectivity index (χ4n) is 5.08. The number of hydrogen-bond donors (Lipinski definition) is 2. The molecule has 6 rings (SSSR count).